The third kappa shape index (κ3) is 3.21. The second kappa shape index (κ2) is 6.71. The molecule has 18 heavy (non-hydrogen) atoms. The van der Waals surface area contributed by atoms with Crippen LogP contribution in [0.4, 0.5) is 0 Å². The zero-order valence-corrected chi connectivity index (χ0v) is 11.1. The Morgan fingerprint density at radius 3 is 2.89 bits per heavy atom. The van der Waals surface area contributed by atoms with E-state index in [1.807, 2.05) is 6.20 Å². The molecule has 1 atom stereocenters. The van der Waals surface area contributed by atoms with Crippen molar-refractivity contribution in [2.24, 2.45) is 11.8 Å². The van der Waals surface area contributed by atoms with Crippen molar-refractivity contribution in [3.05, 3.63) is 24.0 Å². The first-order valence-electron chi connectivity index (χ1n) is 6.89. The smallest absolute Gasteiger partial charge is 0.137 e. The molecular weight excluding hydrogens is 226 g/mol. The van der Waals surface area contributed by atoms with Crippen molar-refractivity contribution in [3.8, 4) is 5.75 Å². The van der Waals surface area contributed by atoms with Crippen molar-refractivity contribution >= 4 is 0 Å². The van der Waals surface area contributed by atoms with Crippen LogP contribution in [0.3, 0.4) is 0 Å². The topological polar surface area (TPSA) is 60.2 Å². The van der Waals surface area contributed by atoms with E-state index in [1.165, 1.54) is 25.7 Å². The molecule has 4 nitrogen and oxygen atoms in total. The van der Waals surface area contributed by atoms with Gasteiger partial charge >= 0.3 is 0 Å². The second-order valence-corrected chi connectivity index (χ2v) is 4.99. The average Bonchev–Trinajstić information content (AvgIpc) is 2.92. The van der Waals surface area contributed by atoms with Gasteiger partial charge in [-0.15, -0.1) is 0 Å². The zero-order valence-electron chi connectivity index (χ0n) is 11.1. The standard InChI is InChI=1S/C14H23N3O/c1-2-7-18-13-8-12(9-16-10-13)14(17-15)11-5-3-4-6-11/h8-11,14,17H,2-7,15H2,1H3. The van der Waals surface area contributed by atoms with Crippen LogP contribution >= 0.6 is 0 Å². The Hall–Kier alpha value is -1.13. The van der Waals surface area contributed by atoms with Crippen molar-refractivity contribution in [1.29, 1.82) is 0 Å². The number of hydrazine groups is 1. The predicted molar refractivity (Wildman–Crippen MR) is 72.0 cm³/mol. The molecule has 2 rings (SSSR count). The molecule has 1 fully saturated rings. The van der Waals surface area contributed by atoms with Gasteiger partial charge in [-0.1, -0.05) is 19.8 Å². The highest BCUT2D eigenvalue weighted by molar-refractivity contribution is 5.26. The minimum absolute atomic E-state index is 0.199. The molecule has 0 spiro atoms. The molecule has 1 aromatic rings. The average molecular weight is 249 g/mol. The van der Waals surface area contributed by atoms with Crippen LogP contribution in [0.1, 0.15) is 50.6 Å². The Balaban J connectivity index is 2.09. The first-order chi connectivity index (χ1) is 8.85. The molecule has 0 aliphatic heterocycles. The van der Waals surface area contributed by atoms with Gasteiger partial charge in [0, 0.05) is 6.20 Å². The van der Waals surface area contributed by atoms with E-state index in [9.17, 15) is 0 Å². The first-order valence-corrected chi connectivity index (χ1v) is 6.89. The number of nitrogens with two attached hydrogens (primary N) is 1. The molecule has 1 aromatic heterocycles. The number of hydrogen-bond donors (Lipinski definition) is 2. The summed E-state index contributed by atoms with van der Waals surface area (Å²) in [7, 11) is 0. The summed E-state index contributed by atoms with van der Waals surface area (Å²) in [4.78, 5) is 4.26. The fraction of sp³-hybridized carbons (Fsp3) is 0.643. The molecule has 3 N–H and O–H groups in total. The molecular formula is C14H23N3O. The van der Waals surface area contributed by atoms with Crippen molar-refractivity contribution < 1.29 is 4.74 Å². The summed E-state index contributed by atoms with van der Waals surface area (Å²) in [6, 6.07) is 2.26. The third-order valence-corrected chi connectivity index (χ3v) is 3.62. The number of pyridine rings is 1. The lowest BCUT2D eigenvalue weighted by Gasteiger charge is -2.23. The van der Waals surface area contributed by atoms with Gasteiger partial charge in [-0.25, -0.2) is 0 Å². The van der Waals surface area contributed by atoms with E-state index in [0.29, 0.717) is 5.92 Å². The molecule has 1 unspecified atom stereocenters. The van der Waals surface area contributed by atoms with Gasteiger partial charge in [0.15, 0.2) is 0 Å². The maximum atomic E-state index is 5.72. The maximum absolute atomic E-state index is 5.72. The number of ether oxygens (including phenoxy) is 1. The van der Waals surface area contributed by atoms with E-state index in [0.717, 1.165) is 24.3 Å². The molecule has 1 aliphatic carbocycles. The zero-order chi connectivity index (χ0) is 12.8. The second-order valence-electron chi connectivity index (χ2n) is 4.99. The highest BCUT2D eigenvalue weighted by Gasteiger charge is 2.25. The Kier molecular flexibility index (Phi) is 4.96. The number of aromatic nitrogens is 1. The summed E-state index contributed by atoms with van der Waals surface area (Å²) in [5.74, 6) is 7.18. The summed E-state index contributed by atoms with van der Waals surface area (Å²) < 4.78 is 5.62. The lowest BCUT2D eigenvalue weighted by Crippen LogP contribution is -2.32. The van der Waals surface area contributed by atoms with Crippen LogP contribution in [0.15, 0.2) is 18.5 Å². The van der Waals surface area contributed by atoms with Crippen LogP contribution in [0.25, 0.3) is 0 Å². The molecule has 100 valence electrons. The lowest BCUT2D eigenvalue weighted by atomic mass is 9.93. The minimum atomic E-state index is 0.199. The Bertz CT molecular complexity index is 364. The summed E-state index contributed by atoms with van der Waals surface area (Å²) in [6.07, 6.45) is 9.77. The van der Waals surface area contributed by atoms with E-state index >= 15 is 0 Å². The molecule has 1 aliphatic rings. The van der Waals surface area contributed by atoms with Crippen LogP contribution in [0, 0.1) is 5.92 Å². The largest absolute Gasteiger partial charge is 0.492 e. The van der Waals surface area contributed by atoms with Gasteiger partial charge in [0.25, 0.3) is 0 Å². The van der Waals surface area contributed by atoms with Gasteiger partial charge in [-0.3, -0.25) is 16.3 Å². The number of nitrogens with one attached hydrogen (secondary N) is 1. The summed E-state index contributed by atoms with van der Waals surface area (Å²) in [5.41, 5.74) is 4.09. The van der Waals surface area contributed by atoms with Crippen LogP contribution < -0.4 is 16.0 Å². The van der Waals surface area contributed by atoms with Crippen molar-refractivity contribution in [2.45, 2.75) is 45.1 Å². The van der Waals surface area contributed by atoms with Gasteiger partial charge in [-0.2, -0.15) is 0 Å². The van der Waals surface area contributed by atoms with E-state index in [-0.39, 0.29) is 6.04 Å². The molecule has 1 saturated carbocycles. The quantitative estimate of drug-likeness (QED) is 0.601. The molecule has 0 saturated heterocycles. The monoisotopic (exact) mass is 249 g/mol. The molecule has 0 aromatic carbocycles. The Morgan fingerprint density at radius 2 is 2.22 bits per heavy atom. The van der Waals surface area contributed by atoms with Gasteiger partial charge in [0.05, 0.1) is 18.8 Å². The highest BCUT2D eigenvalue weighted by Crippen LogP contribution is 2.35. The van der Waals surface area contributed by atoms with Gasteiger partial charge in [0.1, 0.15) is 5.75 Å². The minimum Gasteiger partial charge on any atom is -0.492 e. The van der Waals surface area contributed by atoms with Crippen LogP contribution in [0.5, 0.6) is 5.75 Å². The van der Waals surface area contributed by atoms with E-state index < -0.39 is 0 Å². The van der Waals surface area contributed by atoms with Crippen LogP contribution in [-0.2, 0) is 0 Å². The lowest BCUT2D eigenvalue weighted by molar-refractivity contribution is 0.313. The fourth-order valence-electron chi connectivity index (χ4n) is 2.70. The van der Waals surface area contributed by atoms with E-state index in [1.54, 1.807) is 6.20 Å². The predicted octanol–water partition coefficient (Wildman–Crippen LogP) is 2.57. The Morgan fingerprint density at radius 1 is 1.44 bits per heavy atom. The molecule has 4 heteroatoms. The van der Waals surface area contributed by atoms with Crippen molar-refractivity contribution in [2.75, 3.05) is 6.61 Å². The molecule has 0 radical (unpaired) electrons. The normalized spacial score (nSPS) is 17.9. The van der Waals surface area contributed by atoms with Gasteiger partial charge in [-0.05, 0) is 36.8 Å². The van der Waals surface area contributed by atoms with Gasteiger partial charge < -0.3 is 4.74 Å². The number of nitrogens with zero attached hydrogens (tertiary/aromatic N) is 1. The van der Waals surface area contributed by atoms with Crippen molar-refractivity contribution in [3.63, 3.8) is 0 Å². The molecule has 0 bridgehead atoms. The SMILES string of the molecule is CCCOc1cncc(C(NN)C2CCCC2)c1. The van der Waals surface area contributed by atoms with Crippen molar-refractivity contribution in [1.82, 2.24) is 10.4 Å². The molecule has 1 heterocycles. The van der Waals surface area contributed by atoms with Crippen LogP contribution in [-0.4, -0.2) is 11.6 Å². The highest BCUT2D eigenvalue weighted by atomic mass is 16.5. The fourth-order valence-corrected chi connectivity index (χ4v) is 2.70. The van der Waals surface area contributed by atoms with E-state index in [2.05, 4.69) is 23.4 Å². The van der Waals surface area contributed by atoms with Gasteiger partial charge in [0.2, 0.25) is 0 Å². The third-order valence-electron chi connectivity index (χ3n) is 3.62. The first kappa shape index (κ1) is 13.3. The number of hydrogen-bond acceptors (Lipinski definition) is 4. The maximum Gasteiger partial charge on any atom is 0.137 e. The van der Waals surface area contributed by atoms with Crippen LogP contribution in [0.2, 0.25) is 0 Å². The summed E-state index contributed by atoms with van der Waals surface area (Å²) in [6.45, 7) is 2.83. The summed E-state index contributed by atoms with van der Waals surface area (Å²) >= 11 is 0. The summed E-state index contributed by atoms with van der Waals surface area (Å²) in [5, 5.41) is 0. The van der Waals surface area contributed by atoms with E-state index in [4.69, 9.17) is 10.6 Å². The molecule has 0 amide bonds. The Labute approximate surface area is 109 Å². The number of rotatable bonds is 6.